The fourth-order valence-corrected chi connectivity index (χ4v) is 0.392. The van der Waals surface area contributed by atoms with Gasteiger partial charge in [-0.3, -0.25) is 0 Å². The second-order valence-electron chi connectivity index (χ2n) is 1.98. The van der Waals surface area contributed by atoms with Gasteiger partial charge in [-0.25, -0.2) is 0 Å². The summed E-state index contributed by atoms with van der Waals surface area (Å²) in [6.45, 7) is 1.81. The molecule has 0 bridgehead atoms. The van der Waals surface area contributed by atoms with Crippen LogP contribution in [-0.2, 0) is 0 Å². The van der Waals surface area contributed by atoms with Gasteiger partial charge < -0.3 is 10.2 Å². The van der Waals surface area contributed by atoms with Crippen molar-refractivity contribution < 1.29 is 10.2 Å². The van der Waals surface area contributed by atoms with E-state index in [4.69, 9.17) is 10.2 Å². The lowest BCUT2D eigenvalue weighted by Crippen LogP contribution is -2.05. The first-order chi connectivity index (χ1) is 2.63. The average molecular weight is 88.1 g/mol. The SMILES string of the molecule is CC1CC1(O)O. The van der Waals surface area contributed by atoms with E-state index in [2.05, 4.69) is 0 Å². The summed E-state index contributed by atoms with van der Waals surface area (Å²) in [4.78, 5) is 0. The Morgan fingerprint density at radius 3 is 1.83 bits per heavy atom. The molecule has 0 aromatic carbocycles. The van der Waals surface area contributed by atoms with Gasteiger partial charge in [-0.15, -0.1) is 0 Å². The Labute approximate surface area is 36.4 Å². The Hall–Kier alpha value is -0.0800. The molecule has 1 rings (SSSR count). The highest BCUT2D eigenvalue weighted by Gasteiger charge is 2.47. The van der Waals surface area contributed by atoms with Gasteiger partial charge in [0.2, 0.25) is 0 Å². The van der Waals surface area contributed by atoms with E-state index in [-0.39, 0.29) is 5.92 Å². The molecule has 0 aliphatic heterocycles. The van der Waals surface area contributed by atoms with Crippen molar-refractivity contribution in [1.29, 1.82) is 0 Å². The third-order valence-corrected chi connectivity index (χ3v) is 1.24. The van der Waals surface area contributed by atoms with E-state index >= 15 is 0 Å². The van der Waals surface area contributed by atoms with Crippen molar-refractivity contribution in [1.82, 2.24) is 0 Å². The third-order valence-electron chi connectivity index (χ3n) is 1.24. The molecule has 1 unspecified atom stereocenters. The normalized spacial score (nSPS) is 39.5. The molecule has 0 amide bonds. The van der Waals surface area contributed by atoms with Crippen LogP contribution in [0.5, 0.6) is 0 Å². The van der Waals surface area contributed by atoms with Crippen LogP contribution in [0.2, 0.25) is 0 Å². The van der Waals surface area contributed by atoms with Crippen LogP contribution in [0.4, 0.5) is 0 Å². The van der Waals surface area contributed by atoms with E-state index < -0.39 is 5.79 Å². The zero-order valence-corrected chi connectivity index (χ0v) is 3.68. The molecule has 2 N–H and O–H groups in total. The predicted octanol–water partition coefficient (Wildman–Crippen LogP) is -0.293. The van der Waals surface area contributed by atoms with Crippen LogP contribution in [0.15, 0.2) is 0 Å². The van der Waals surface area contributed by atoms with Gasteiger partial charge in [-0.1, -0.05) is 6.92 Å². The summed E-state index contributed by atoms with van der Waals surface area (Å²) in [6.07, 6.45) is 0.549. The van der Waals surface area contributed by atoms with Gasteiger partial charge in [-0.05, 0) is 0 Å². The van der Waals surface area contributed by atoms with Gasteiger partial charge in [0.1, 0.15) is 0 Å². The van der Waals surface area contributed by atoms with Crippen LogP contribution >= 0.6 is 0 Å². The third kappa shape index (κ3) is 0.420. The van der Waals surface area contributed by atoms with Crippen molar-refractivity contribution in [3.05, 3.63) is 0 Å². The van der Waals surface area contributed by atoms with Crippen molar-refractivity contribution in [3.8, 4) is 0 Å². The van der Waals surface area contributed by atoms with E-state index in [1.807, 2.05) is 0 Å². The summed E-state index contributed by atoms with van der Waals surface area (Å²) in [5.74, 6) is -1.18. The average Bonchev–Trinajstić information content (AvgIpc) is 1.73. The molecule has 1 aliphatic rings. The fourth-order valence-electron chi connectivity index (χ4n) is 0.392. The molecule has 0 saturated heterocycles. The first-order valence-corrected chi connectivity index (χ1v) is 2.08. The summed E-state index contributed by atoms with van der Waals surface area (Å²) >= 11 is 0. The highest BCUT2D eigenvalue weighted by atomic mass is 16.5. The van der Waals surface area contributed by atoms with Crippen LogP contribution in [0.3, 0.4) is 0 Å². The van der Waals surface area contributed by atoms with Gasteiger partial charge >= 0.3 is 0 Å². The largest absolute Gasteiger partial charge is 0.365 e. The molecule has 0 spiro atoms. The van der Waals surface area contributed by atoms with Gasteiger partial charge in [0.15, 0.2) is 5.79 Å². The Kier molecular flexibility index (Phi) is 0.524. The standard InChI is InChI=1S/C4H8O2/c1-3-2-4(3,5)6/h3,5-6H,2H2,1H3. The van der Waals surface area contributed by atoms with E-state index in [1.54, 1.807) is 6.92 Å². The quantitative estimate of drug-likeness (QED) is 0.399. The van der Waals surface area contributed by atoms with Gasteiger partial charge in [0, 0.05) is 12.3 Å². The zero-order valence-electron chi connectivity index (χ0n) is 3.68. The van der Waals surface area contributed by atoms with E-state index in [1.165, 1.54) is 0 Å². The Morgan fingerprint density at radius 1 is 1.67 bits per heavy atom. The molecular weight excluding hydrogens is 80.0 g/mol. The number of hydrogen-bond donors (Lipinski definition) is 2. The summed E-state index contributed by atoms with van der Waals surface area (Å²) in [7, 11) is 0. The van der Waals surface area contributed by atoms with Crippen LogP contribution < -0.4 is 0 Å². The maximum atomic E-state index is 8.46. The van der Waals surface area contributed by atoms with Crippen molar-refractivity contribution in [3.63, 3.8) is 0 Å². The van der Waals surface area contributed by atoms with Crippen molar-refractivity contribution >= 4 is 0 Å². The minimum absolute atomic E-state index is 0.109. The van der Waals surface area contributed by atoms with Gasteiger partial charge in [0.05, 0.1) is 0 Å². The molecule has 0 aromatic rings. The zero-order chi connectivity index (χ0) is 4.78. The maximum Gasteiger partial charge on any atom is 0.165 e. The fraction of sp³-hybridized carbons (Fsp3) is 1.00. The van der Waals surface area contributed by atoms with Crippen molar-refractivity contribution in [2.24, 2.45) is 5.92 Å². The summed E-state index contributed by atoms with van der Waals surface area (Å²) < 4.78 is 0. The highest BCUT2D eigenvalue weighted by Crippen LogP contribution is 2.39. The lowest BCUT2D eigenvalue weighted by atomic mass is 10.5. The van der Waals surface area contributed by atoms with Crippen LogP contribution in [0.25, 0.3) is 0 Å². The molecule has 2 nitrogen and oxygen atoms in total. The summed E-state index contributed by atoms with van der Waals surface area (Å²) in [5.41, 5.74) is 0. The molecule has 1 atom stereocenters. The van der Waals surface area contributed by atoms with Crippen molar-refractivity contribution in [2.45, 2.75) is 19.1 Å². The molecule has 1 fully saturated rings. The lowest BCUT2D eigenvalue weighted by molar-refractivity contribution is -0.0801. The van der Waals surface area contributed by atoms with Crippen LogP contribution in [-0.4, -0.2) is 16.0 Å². The number of rotatable bonds is 0. The molecule has 36 valence electrons. The van der Waals surface area contributed by atoms with E-state index in [0.29, 0.717) is 6.42 Å². The minimum Gasteiger partial charge on any atom is -0.365 e. The molecule has 6 heavy (non-hydrogen) atoms. The minimum atomic E-state index is -1.29. The molecular formula is C4H8O2. The predicted molar refractivity (Wildman–Crippen MR) is 20.9 cm³/mol. The van der Waals surface area contributed by atoms with Gasteiger partial charge in [-0.2, -0.15) is 0 Å². The molecule has 1 aliphatic carbocycles. The Morgan fingerprint density at radius 2 is 1.83 bits per heavy atom. The molecule has 1 saturated carbocycles. The lowest BCUT2D eigenvalue weighted by Gasteiger charge is -1.91. The second kappa shape index (κ2) is 0.768. The van der Waals surface area contributed by atoms with Crippen LogP contribution in [0, 0.1) is 5.92 Å². The topological polar surface area (TPSA) is 40.5 Å². The van der Waals surface area contributed by atoms with Gasteiger partial charge in [0.25, 0.3) is 0 Å². The highest BCUT2D eigenvalue weighted by molar-refractivity contribution is 4.89. The van der Waals surface area contributed by atoms with Crippen molar-refractivity contribution in [2.75, 3.05) is 0 Å². The Bertz CT molecular complexity index is 67.9. The monoisotopic (exact) mass is 88.1 g/mol. The smallest absolute Gasteiger partial charge is 0.165 e. The summed E-state index contributed by atoms with van der Waals surface area (Å²) in [5, 5.41) is 16.9. The van der Waals surface area contributed by atoms with E-state index in [9.17, 15) is 0 Å². The maximum absolute atomic E-state index is 8.46. The number of aliphatic hydroxyl groups is 2. The molecule has 2 heteroatoms. The first-order valence-electron chi connectivity index (χ1n) is 2.08. The van der Waals surface area contributed by atoms with Crippen LogP contribution in [0.1, 0.15) is 13.3 Å². The first kappa shape index (κ1) is 4.09. The Balaban J connectivity index is 2.41. The summed E-state index contributed by atoms with van der Waals surface area (Å²) in [6, 6.07) is 0. The second-order valence-corrected chi connectivity index (χ2v) is 1.98. The number of hydrogen-bond acceptors (Lipinski definition) is 2. The molecule has 0 aromatic heterocycles. The molecule has 0 heterocycles. The molecule has 0 radical (unpaired) electrons. The van der Waals surface area contributed by atoms with E-state index in [0.717, 1.165) is 0 Å².